The minimum atomic E-state index is -0.104. The highest BCUT2D eigenvalue weighted by Crippen LogP contribution is 2.36. The molecule has 2 heterocycles. The Kier molecular flexibility index (Phi) is 6.62. The maximum Gasteiger partial charge on any atom is 0.231 e. The van der Waals surface area contributed by atoms with Gasteiger partial charge in [0.1, 0.15) is 6.07 Å². The third-order valence-corrected chi connectivity index (χ3v) is 6.54. The number of anilines is 3. The Bertz CT molecular complexity index is 1550. The summed E-state index contributed by atoms with van der Waals surface area (Å²) in [5.41, 5.74) is 4.68. The fourth-order valence-electron chi connectivity index (χ4n) is 4.41. The third-order valence-electron chi connectivity index (χ3n) is 6.17. The summed E-state index contributed by atoms with van der Waals surface area (Å²) in [6, 6.07) is 19.9. The number of aromatic hydroxyl groups is 1. The van der Waals surface area contributed by atoms with E-state index in [9.17, 15) is 15.2 Å². The lowest BCUT2D eigenvalue weighted by molar-refractivity contribution is -0.117. The van der Waals surface area contributed by atoms with Crippen LogP contribution in [-0.2, 0) is 17.6 Å². The van der Waals surface area contributed by atoms with Crippen molar-refractivity contribution in [3.8, 4) is 28.8 Å². The monoisotopic (exact) mass is 511 g/mol. The fraction of sp³-hybridized carbons (Fsp3) is 0.143. The molecule has 0 aliphatic carbocycles. The van der Waals surface area contributed by atoms with Gasteiger partial charge in [0.2, 0.25) is 11.9 Å². The first-order valence-corrected chi connectivity index (χ1v) is 11.9. The van der Waals surface area contributed by atoms with Crippen molar-refractivity contribution in [2.75, 3.05) is 23.9 Å². The lowest BCUT2D eigenvalue weighted by Gasteiger charge is -2.19. The predicted octanol–water partition coefficient (Wildman–Crippen LogP) is 5.26. The number of hydrogen-bond acceptors (Lipinski definition) is 7. The molecule has 1 aliphatic rings. The quantitative estimate of drug-likeness (QED) is 0.363. The summed E-state index contributed by atoms with van der Waals surface area (Å²) in [5, 5.41) is 23.6. The van der Waals surface area contributed by atoms with E-state index < -0.39 is 0 Å². The van der Waals surface area contributed by atoms with Gasteiger partial charge in [0, 0.05) is 35.1 Å². The number of benzene rings is 3. The van der Waals surface area contributed by atoms with Gasteiger partial charge in [0.05, 0.1) is 30.5 Å². The number of nitriles is 1. The summed E-state index contributed by atoms with van der Waals surface area (Å²) < 4.78 is 5.08. The van der Waals surface area contributed by atoms with Gasteiger partial charge < -0.3 is 20.1 Å². The molecule has 0 atom stereocenters. The van der Waals surface area contributed by atoms with Crippen LogP contribution in [0.3, 0.4) is 0 Å². The number of nitrogens with one attached hydrogen (secondary N) is 1. The molecule has 0 unspecified atom stereocenters. The van der Waals surface area contributed by atoms with Crippen molar-refractivity contribution in [2.45, 2.75) is 12.8 Å². The molecule has 8 nitrogen and oxygen atoms in total. The topological polar surface area (TPSA) is 111 Å². The van der Waals surface area contributed by atoms with E-state index in [0.29, 0.717) is 52.3 Å². The number of fused-ring (bicyclic) bond motifs is 1. The summed E-state index contributed by atoms with van der Waals surface area (Å²) in [4.78, 5) is 23.7. The molecule has 2 N–H and O–H groups in total. The molecule has 0 saturated carbocycles. The fourth-order valence-corrected chi connectivity index (χ4v) is 4.61. The molecule has 1 amide bonds. The number of hydrogen-bond donors (Lipinski definition) is 2. The van der Waals surface area contributed by atoms with Gasteiger partial charge in [0.25, 0.3) is 0 Å². The first-order valence-electron chi connectivity index (χ1n) is 11.5. The Labute approximate surface area is 218 Å². The van der Waals surface area contributed by atoms with Crippen LogP contribution in [0.25, 0.3) is 11.3 Å². The van der Waals surface area contributed by atoms with Crippen LogP contribution in [0.4, 0.5) is 17.3 Å². The van der Waals surface area contributed by atoms with Crippen LogP contribution in [0.1, 0.15) is 16.7 Å². The molecular formula is C28H22ClN5O3. The van der Waals surface area contributed by atoms with E-state index in [2.05, 4.69) is 21.4 Å². The van der Waals surface area contributed by atoms with Crippen molar-refractivity contribution in [3.63, 3.8) is 0 Å². The average molecular weight is 512 g/mol. The summed E-state index contributed by atoms with van der Waals surface area (Å²) in [6.07, 6.45) is 2.41. The zero-order valence-electron chi connectivity index (χ0n) is 19.9. The van der Waals surface area contributed by atoms with Crippen molar-refractivity contribution in [3.05, 3.63) is 88.6 Å². The molecule has 0 bridgehead atoms. The van der Waals surface area contributed by atoms with Crippen LogP contribution in [0.2, 0.25) is 5.02 Å². The number of amides is 1. The van der Waals surface area contributed by atoms with E-state index in [1.807, 2.05) is 24.3 Å². The zero-order valence-corrected chi connectivity index (χ0v) is 20.7. The molecule has 4 aromatic rings. The third kappa shape index (κ3) is 4.90. The number of halogens is 1. The van der Waals surface area contributed by atoms with E-state index in [1.54, 1.807) is 41.4 Å². The molecule has 0 spiro atoms. The maximum atomic E-state index is 13.1. The normalized spacial score (nSPS) is 12.1. The number of aromatic nitrogens is 2. The van der Waals surface area contributed by atoms with Crippen molar-refractivity contribution in [1.82, 2.24) is 9.97 Å². The molecular weight excluding hydrogens is 490 g/mol. The second-order valence-electron chi connectivity index (χ2n) is 8.48. The number of methoxy groups -OCH3 is 1. The van der Waals surface area contributed by atoms with Gasteiger partial charge >= 0.3 is 0 Å². The Morgan fingerprint density at radius 2 is 2.05 bits per heavy atom. The SMILES string of the molecule is COc1ccc(Nc2nccc(-c3cc(C#N)c4c(c3)CCN4C(=O)Cc3ccccc3Cl)n2)cc1O. The van der Waals surface area contributed by atoms with Gasteiger partial charge in [-0.05, 0) is 53.9 Å². The molecule has 0 saturated heterocycles. The van der Waals surface area contributed by atoms with Crippen LogP contribution < -0.4 is 15.0 Å². The number of carbonyl (C=O) groups is 1. The molecule has 0 radical (unpaired) electrons. The van der Waals surface area contributed by atoms with Crippen molar-refractivity contribution >= 4 is 34.8 Å². The number of ether oxygens (including phenoxy) is 1. The van der Waals surface area contributed by atoms with Crippen molar-refractivity contribution in [2.24, 2.45) is 0 Å². The second-order valence-corrected chi connectivity index (χ2v) is 8.89. The molecule has 3 aromatic carbocycles. The first-order chi connectivity index (χ1) is 18.0. The number of phenols is 1. The van der Waals surface area contributed by atoms with Gasteiger partial charge in [-0.1, -0.05) is 29.8 Å². The number of nitrogens with zero attached hydrogens (tertiary/aromatic N) is 4. The van der Waals surface area contributed by atoms with E-state index in [-0.39, 0.29) is 18.1 Å². The lowest BCUT2D eigenvalue weighted by Crippen LogP contribution is -2.31. The largest absolute Gasteiger partial charge is 0.504 e. The molecule has 1 aliphatic heterocycles. The Morgan fingerprint density at radius 1 is 1.22 bits per heavy atom. The molecule has 5 rings (SSSR count). The smallest absolute Gasteiger partial charge is 0.231 e. The van der Waals surface area contributed by atoms with Crippen molar-refractivity contribution in [1.29, 1.82) is 5.26 Å². The van der Waals surface area contributed by atoms with Crippen LogP contribution in [0.5, 0.6) is 11.5 Å². The van der Waals surface area contributed by atoms with E-state index >= 15 is 0 Å². The standard InChI is InChI=1S/C28H22ClN5O3/c1-37-25-7-6-21(15-24(25)35)32-28-31-10-8-23(33-28)19-12-18-9-11-34(27(18)20(13-19)16-30)26(36)14-17-4-2-3-5-22(17)29/h2-8,10,12-13,15,35H,9,11,14H2,1H3,(H,31,32,33). The van der Waals surface area contributed by atoms with Gasteiger partial charge in [-0.3, -0.25) is 4.79 Å². The molecule has 184 valence electrons. The Balaban J connectivity index is 1.42. The number of carbonyl (C=O) groups excluding carboxylic acids is 1. The lowest BCUT2D eigenvalue weighted by atomic mass is 10.0. The summed E-state index contributed by atoms with van der Waals surface area (Å²) in [7, 11) is 1.48. The van der Waals surface area contributed by atoms with Gasteiger partial charge in [0.15, 0.2) is 11.5 Å². The van der Waals surface area contributed by atoms with E-state index in [4.69, 9.17) is 16.3 Å². The minimum absolute atomic E-state index is 0.00502. The highest BCUT2D eigenvalue weighted by atomic mass is 35.5. The number of phenolic OH excluding ortho intramolecular Hbond substituents is 1. The Morgan fingerprint density at radius 3 is 2.81 bits per heavy atom. The molecule has 37 heavy (non-hydrogen) atoms. The van der Waals surface area contributed by atoms with Crippen LogP contribution >= 0.6 is 11.6 Å². The first kappa shape index (κ1) is 24.1. The maximum absolute atomic E-state index is 13.1. The molecule has 1 aromatic heterocycles. The molecule has 9 heteroatoms. The predicted molar refractivity (Wildman–Crippen MR) is 141 cm³/mol. The van der Waals surface area contributed by atoms with Crippen molar-refractivity contribution < 1.29 is 14.6 Å². The highest BCUT2D eigenvalue weighted by molar-refractivity contribution is 6.31. The van der Waals surface area contributed by atoms with E-state index in [0.717, 1.165) is 16.7 Å². The Hall–Kier alpha value is -4.61. The average Bonchev–Trinajstić information content (AvgIpc) is 3.34. The summed E-state index contributed by atoms with van der Waals surface area (Å²) >= 11 is 6.25. The minimum Gasteiger partial charge on any atom is -0.504 e. The second kappa shape index (κ2) is 10.2. The van der Waals surface area contributed by atoms with E-state index in [1.165, 1.54) is 13.2 Å². The summed E-state index contributed by atoms with van der Waals surface area (Å²) in [6.45, 7) is 0.494. The van der Waals surface area contributed by atoms with Gasteiger partial charge in [-0.15, -0.1) is 0 Å². The highest BCUT2D eigenvalue weighted by Gasteiger charge is 2.29. The van der Waals surface area contributed by atoms with Crippen LogP contribution in [0, 0.1) is 11.3 Å². The van der Waals surface area contributed by atoms with Gasteiger partial charge in [-0.2, -0.15) is 5.26 Å². The zero-order chi connectivity index (χ0) is 25.9. The number of rotatable bonds is 6. The summed E-state index contributed by atoms with van der Waals surface area (Å²) in [5.74, 6) is 0.585. The molecule has 0 fully saturated rings. The van der Waals surface area contributed by atoms with Crippen LogP contribution in [0.15, 0.2) is 66.9 Å². The van der Waals surface area contributed by atoms with Gasteiger partial charge in [-0.25, -0.2) is 9.97 Å². The van der Waals surface area contributed by atoms with Crippen LogP contribution in [-0.4, -0.2) is 34.6 Å².